The van der Waals surface area contributed by atoms with E-state index in [9.17, 15) is 4.79 Å². The second-order valence-electron chi connectivity index (χ2n) is 6.06. The number of carbonyl (C=O) groups is 1. The van der Waals surface area contributed by atoms with Crippen molar-refractivity contribution in [2.45, 2.75) is 25.3 Å². The lowest BCUT2D eigenvalue weighted by Crippen LogP contribution is -2.54. The molecule has 1 aromatic rings. The van der Waals surface area contributed by atoms with Crippen molar-refractivity contribution in [2.75, 3.05) is 32.4 Å². The molecule has 2 aliphatic heterocycles. The summed E-state index contributed by atoms with van der Waals surface area (Å²) in [5, 5.41) is 4.06. The Bertz CT molecular complexity index is 492. The molecule has 0 radical (unpaired) electrons. The number of carbonyl (C=O) groups excluding carboxylic acids is 1. The van der Waals surface area contributed by atoms with Gasteiger partial charge in [0, 0.05) is 26.2 Å². The Morgan fingerprint density at radius 2 is 2.15 bits per heavy atom. The van der Waals surface area contributed by atoms with Crippen molar-refractivity contribution < 1.29 is 4.79 Å². The molecule has 0 saturated carbocycles. The van der Waals surface area contributed by atoms with E-state index in [-0.39, 0.29) is 5.91 Å². The summed E-state index contributed by atoms with van der Waals surface area (Å²) in [6.07, 6.45) is 5.06. The first-order chi connectivity index (χ1) is 9.58. The van der Waals surface area contributed by atoms with Crippen LogP contribution >= 0.6 is 0 Å². The van der Waals surface area contributed by atoms with E-state index in [0.29, 0.717) is 23.3 Å². The predicted octanol–water partition coefficient (Wildman–Crippen LogP) is 0.559. The first-order valence-corrected chi connectivity index (χ1v) is 7.35. The van der Waals surface area contributed by atoms with Gasteiger partial charge in [-0.1, -0.05) is 0 Å². The lowest BCUT2D eigenvalue weighted by Gasteiger charge is -2.45. The molecule has 0 aromatic carbocycles. The van der Waals surface area contributed by atoms with Gasteiger partial charge >= 0.3 is 0 Å². The number of nitrogens with zero attached hydrogens (tertiary/aromatic N) is 4. The van der Waals surface area contributed by atoms with Gasteiger partial charge in [0.05, 0.1) is 11.9 Å². The fourth-order valence-electron chi connectivity index (χ4n) is 3.70. The minimum atomic E-state index is 0.0224. The Labute approximate surface area is 119 Å². The highest BCUT2D eigenvalue weighted by Crippen LogP contribution is 2.30. The lowest BCUT2D eigenvalue weighted by atomic mass is 9.84. The number of hydrogen-bond donors (Lipinski definition) is 1. The van der Waals surface area contributed by atoms with Gasteiger partial charge in [0.2, 0.25) is 0 Å². The zero-order valence-corrected chi connectivity index (χ0v) is 12.2. The summed E-state index contributed by atoms with van der Waals surface area (Å²) in [6.45, 7) is 2.84. The molecule has 3 rings (SSSR count). The number of nitrogen functional groups attached to an aromatic ring is 1. The summed E-state index contributed by atoms with van der Waals surface area (Å²) < 4.78 is 1.58. The molecule has 2 fully saturated rings. The third-order valence-corrected chi connectivity index (χ3v) is 4.80. The highest BCUT2D eigenvalue weighted by atomic mass is 16.2. The van der Waals surface area contributed by atoms with Crippen molar-refractivity contribution >= 4 is 11.6 Å². The van der Waals surface area contributed by atoms with Crippen molar-refractivity contribution in [2.24, 2.45) is 13.0 Å². The molecule has 2 unspecified atom stereocenters. The zero-order valence-electron chi connectivity index (χ0n) is 12.2. The van der Waals surface area contributed by atoms with Crippen LogP contribution in [0, 0.1) is 5.92 Å². The van der Waals surface area contributed by atoms with E-state index in [1.165, 1.54) is 19.4 Å². The molecule has 1 amide bonds. The quantitative estimate of drug-likeness (QED) is 0.814. The first-order valence-electron chi connectivity index (χ1n) is 7.35. The maximum Gasteiger partial charge on any atom is 0.274 e. The molecule has 2 aliphatic rings. The molecule has 6 heteroatoms. The largest absolute Gasteiger partial charge is 0.396 e. The van der Waals surface area contributed by atoms with E-state index in [2.05, 4.69) is 17.0 Å². The standard InChI is InChI=1S/C14H23N5O/c1-17-6-3-4-10-9-19(7-5-12(10)17)14(20)13-11(15)8-16-18(13)2/h8,10,12H,3-7,9,15H2,1-2H3. The summed E-state index contributed by atoms with van der Waals surface area (Å²) in [4.78, 5) is 17.0. The molecule has 2 N–H and O–H groups in total. The van der Waals surface area contributed by atoms with Gasteiger partial charge in [-0.2, -0.15) is 5.10 Å². The maximum absolute atomic E-state index is 12.6. The summed E-state index contributed by atoms with van der Waals surface area (Å²) in [6, 6.07) is 0.636. The van der Waals surface area contributed by atoms with Gasteiger partial charge in [0.1, 0.15) is 5.69 Å². The first kappa shape index (κ1) is 13.4. The number of aromatic nitrogens is 2. The average Bonchev–Trinajstić information content (AvgIpc) is 2.77. The minimum absolute atomic E-state index is 0.0224. The highest BCUT2D eigenvalue weighted by molar-refractivity contribution is 5.97. The van der Waals surface area contributed by atoms with Gasteiger partial charge in [-0.15, -0.1) is 0 Å². The van der Waals surface area contributed by atoms with Crippen LogP contribution in [0.2, 0.25) is 0 Å². The fraction of sp³-hybridized carbons (Fsp3) is 0.714. The third kappa shape index (κ3) is 2.18. The molecule has 3 heterocycles. The van der Waals surface area contributed by atoms with Crippen LogP contribution in [-0.2, 0) is 7.05 Å². The van der Waals surface area contributed by atoms with E-state index in [4.69, 9.17) is 5.73 Å². The predicted molar refractivity (Wildman–Crippen MR) is 77.3 cm³/mol. The van der Waals surface area contributed by atoms with Gasteiger partial charge in [-0.05, 0) is 38.8 Å². The second-order valence-corrected chi connectivity index (χ2v) is 6.06. The van der Waals surface area contributed by atoms with E-state index in [0.717, 1.165) is 19.5 Å². The number of aryl methyl sites for hydroxylation is 1. The summed E-state index contributed by atoms with van der Waals surface area (Å²) in [5.74, 6) is 0.620. The molecule has 2 atom stereocenters. The maximum atomic E-state index is 12.6. The minimum Gasteiger partial charge on any atom is -0.396 e. The van der Waals surface area contributed by atoms with Crippen LogP contribution in [0.1, 0.15) is 29.8 Å². The normalized spacial score (nSPS) is 27.4. The van der Waals surface area contributed by atoms with Crippen LogP contribution in [0.3, 0.4) is 0 Å². The molecule has 2 saturated heterocycles. The number of anilines is 1. The molecule has 0 bridgehead atoms. The van der Waals surface area contributed by atoms with Gasteiger partial charge in [0.15, 0.2) is 0 Å². The summed E-state index contributed by atoms with van der Waals surface area (Å²) in [7, 11) is 3.97. The number of amides is 1. The Morgan fingerprint density at radius 3 is 2.85 bits per heavy atom. The molecular formula is C14H23N5O. The Kier molecular flexibility index (Phi) is 3.41. The number of nitrogens with two attached hydrogens (primary N) is 1. The monoisotopic (exact) mass is 277 g/mol. The Morgan fingerprint density at radius 1 is 1.35 bits per heavy atom. The molecule has 0 aliphatic carbocycles. The molecule has 6 nitrogen and oxygen atoms in total. The fourth-order valence-corrected chi connectivity index (χ4v) is 3.70. The number of fused-ring (bicyclic) bond motifs is 1. The average molecular weight is 277 g/mol. The van der Waals surface area contributed by atoms with E-state index < -0.39 is 0 Å². The number of likely N-dealkylation sites (tertiary alicyclic amines) is 2. The smallest absolute Gasteiger partial charge is 0.274 e. The molecular weight excluding hydrogens is 254 g/mol. The molecule has 1 aromatic heterocycles. The van der Waals surface area contributed by atoms with Gasteiger partial charge in [-0.25, -0.2) is 0 Å². The third-order valence-electron chi connectivity index (χ3n) is 4.80. The van der Waals surface area contributed by atoms with Gasteiger partial charge in [0.25, 0.3) is 5.91 Å². The van der Waals surface area contributed by atoms with Crippen molar-refractivity contribution in [3.05, 3.63) is 11.9 Å². The van der Waals surface area contributed by atoms with Crippen molar-refractivity contribution in [3.8, 4) is 0 Å². The number of rotatable bonds is 1. The van der Waals surface area contributed by atoms with E-state index in [1.54, 1.807) is 17.9 Å². The molecule has 110 valence electrons. The number of hydrogen-bond acceptors (Lipinski definition) is 4. The highest BCUT2D eigenvalue weighted by Gasteiger charge is 2.36. The van der Waals surface area contributed by atoms with Crippen LogP contribution in [0.15, 0.2) is 6.20 Å². The Hall–Kier alpha value is -1.56. The summed E-state index contributed by atoms with van der Waals surface area (Å²) in [5.41, 5.74) is 6.86. The van der Waals surface area contributed by atoms with Crippen LogP contribution in [0.25, 0.3) is 0 Å². The van der Waals surface area contributed by atoms with Crippen LogP contribution in [0.5, 0.6) is 0 Å². The SMILES string of the molecule is CN1CCCC2CN(C(=O)c3c(N)cnn3C)CCC21. The van der Waals surface area contributed by atoms with Crippen LogP contribution in [-0.4, -0.2) is 58.2 Å². The van der Waals surface area contributed by atoms with Crippen LogP contribution in [0.4, 0.5) is 5.69 Å². The van der Waals surface area contributed by atoms with E-state index in [1.807, 2.05) is 4.90 Å². The number of piperidine rings is 2. The lowest BCUT2D eigenvalue weighted by molar-refractivity contribution is 0.0311. The molecule has 20 heavy (non-hydrogen) atoms. The summed E-state index contributed by atoms with van der Waals surface area (Å²) >= 11 is 0. The van der Waals surface area contributed by atoms with Crippen LogP contribution < -0.4 is 5.73 Å². The topological polar surface area (TPSA) is 67.4 Å². The molecule has 0 spiro atoms. The zero-order chi connectivity index (χ0) is 14.3. The van der Waals surface area contributed by atoms with Crippen molar-refractivity contribution in [3.63, 3.8) is 0 Å². The Balaban J connectivity index is 1.75. The van der Waals surface area contributed by atoms with Gasteiger partial charge in [-0.3, -0.25) is 9.48 Å². The van der Waals surface area contributed by atoms with Crippen molar-refractivity contribution in [1.29, 1.82) is 0 Å². The van der Waals surface area contributed by atoms with E-state index >= 15 is 0 Å². The second kappa shape index (κ2) is 5.09. The van der Waals surface area contributed by atoms with Gasteiger partial charge < -0.3 is 15.5 Å². The van der Waals surface area contributed by atoms with Crippen molar-refractivity contribution in [1.82, 2.24) is 19.6 Å².